The van der Waals surface area contributed by atoms with Crippen molar-refractivity contribution in [2.45, 2.75) is 12.8 Å². The molecular formula is C13H16FIN2O. The van der Waals surface area contributed by atoms with E-state index in [1.54, 1.807) is 12.1 Å². The van der Waals surface area contributed by atoms with Crippen LogP contribution >= 0.6 is 22.6 Å². The van der Waals surface area contributed by atoms with E-state index in [2.05, 4.69) is 10.6 Å². The van der Waals surface area contributed by atoms with Crippen LogP contribution < -0.4 is 10.6 Å². The van der Waals surface area contributed by atoms with Crippen molar-refractivity contribution < 1.29 is 9.18 Å². The topological polar surface area (TPSA) is 41.1 Å². The molecule has 1 amide bonds. The number of halogens is 2. The van der Waals surface area contributed by atoms with Gasteiger partial charge in [-0.15, -0.1) is 0 Å². The molecule has 0 aliphatic carbocycles. The van der Waals surface area contributed by atoms with Gasteiger partial charge in [-0.1, -0.05) is 0 Å². The smallest absolute Gasteiger partial charge is 0.251 e. The summed E-state index contributed by atoms with van der Waals surface area (Å²) in [6, 6.07) is 4.56. The fraction of sp³-hybridized carbons (Fsp3) is 0.462. The number of hydrogen-bond acceptors (Lipinski definition) is 2. The highest BCUT2D eigenvalue weighted by Gasteiger charge is 2.15. The first-order valence-corrected chi connectivity index (χ1v) is 7.18. The summed E-state index contributed by atoms with van der Waals surface area (Å²) in [6.07, 6.45) is 2.28. The lowest BCUT2D eigenvalue weighted by molar-refractivity contribution is 0.0944. The third-order valence-corrected chi connectivity index (χ3v) is 4.01. The Morgan fingerprint density at radius 3 is 3.06 bits per heavy atom. The van der Waals surface area contributed by atoms with Crippen molar-refractivity contribution in [3.8, 4) is 0 Å². The second kappa shape index (κ2) is 6.47. The van der Waals surface area contributed by atoms with E-state index < -0.39 is 0 Å². The number of carbonyl (C=O) groups excluding carboxylic acids is 1. The van der Waals surface area contributed by atoms with Gasteiger partial charge in [-0.25, -0.2) is 4.39 Å². The minimum atomic E-state index is -0.345. The lowest BCUT2D eigenvalue weighted by atomic mass is 10.00. The van der Waals surface area contributed by atoms with E-state index in [9.17, 15) is 9.18 Å². The number of hydrogen-bond donors (Lipinski definition) is 2. The van der Waals surface area contributed by atoms with Gasteiger partial charge in [0.05, 0.1) is 0 Å². The van der Waals surface area contributed by atoms with Crippen molar-refractivity contribution in [2.75, 3.05) is 19.6 Å². The van der Waals surface area contributed by atoms with Gasteiger partial charge in [-0.2, -0.15) is 0 Å². The third kappa shape index (κ3) is 3.65. The summed E-state index contributed by atoms with van der Waals surface area (Å²) in [4.78, 5) is 11.9. The van der Waals surface area contributed by atoms with Crippen LogP contribution in [0.15, 0.2) is 18.2 Å². The Kier molecular flexibility index (Phi) is 4.94. The van der Waals surface area contributed by atoms with Crippen LogP contribution in [-0.2, 0) is 0 Å². The highest BCUT2D eigenvalue weighted by atomic mass is 127. The Labute approximate surface area is 120 Å². The van der Waals surface area contributed by atoms with E-state index in [-0.39, 0.29) is 11.7 Å². The van der Waals surface area contributed by atoms with Gasteiger partial charge in [0.15, 0.2) is 0 Å². The first kappa shape index (κ1) is 13.7. The summed E-state index contributed by atoms with van der Waals surface area (Å²) in [5.74, 6) is -0.0603. The zero-order valence-corrected chi connectivity index (χ0v) is 12.2. The van der Waals surface area contributed by atoms with Crippen LogP contribution in [0.2, 0.25) is 0 Å². The molecule has 3 nitrogen and oxygen atoms in total. The summed E-state index contributed by atoms with van der Waals surface area (Å²) >= 11 is 1.91. The third-order valence-electron chi connectivity index (χ3n) is 3.13. The van der Waals surface area contributed by atoms with Crippen molar-refractivity contribution in [2.24, 2.45) is 5.92 Å². The summed E-state index contributed by atoms with van der Waals surface area (Å²) in [5, 5.41) is 6.17. The zero-order chi connectivity index (χ0) is 13.0. The molecule has 1 fully saturated rings. The molecule has 1 heterocycles. The van der Waals surface area contributed by atoms with Crippen molar-refractivity contribution in [3.05, 3.63) is 33.1 Å². The molecular weight excluding hydrogens is 346 g/mol. The van der Waals surface area contributed by atoms with Crippen molar-refractivity contribution >= 4 is 28.5 Å². The maximum Gasteiger partial charge on any atom is 0.251 e. The first-order valence-electron chi connectivity index (χ1n) is 6.11. The Hall–Kier alpha value is -0.690. The molecule has 1 saturated heterocycles. The highest BCUT2D eigenvalue weighted by Crippen LogP contribution is 2.13. The summed E-state index contributed by atoms with van der Waals surface area (Å²) in [5.41, 5.74) is 0.386. The molecule has 98 valence electrons. The van der Waals surface area contributed by atoms with Crippen LogP contribution in [0.1, 0.15) is 23.2 Å². The molecule has 1 aromatic rings. The molecule has 18 heavy (non-hydrogen) atoms. The second-order valence-electron chi connectivity index (χ2n) is 4.55. The lowest BCUT2D eigenvalue weighted by Crippen LogP contribution is -2.38. The molecule has 1 aliphatic rings. The minimum absolute atomic E-state index is 0.198. The highest BCUT2D eigenvalue weighted by molar-refractivity contribution is 14.1. The van der Waals surface area contributed by atoms with Gasteiger partial charge in [-0.3, -0.25) is 4.79 Å². The van der Waals surface area contributed by atoms with Crippen LogP contribution in [0.25, 0.3) is 0 Å². The molecule has 2 rings (SSSR count). The Balaban J connectivity index is 1.88. The molecule has 0 aromatic heterocycles. The maximum atomic E-state index is 13.3. The van der Waals surface area contributed by atoms with Gasteiger partial charge in [0.2, 0.25) is 0 Å². The average Bonchev–Trinajstić information content (AvgIpc) is 2.40. The number of nitrogens with one attached hydrogen (secondary N) is 2. The van der Waals surface area contributed by atoms with Crippen molar-refractivity contribution in [1.82, 2.24) is 10.6 Å². The Morgan fingerprint density at radius 1 is 1.56 bits per heavy atom. The van der Waals surface area contributed by atoms with Crippen LogP contribution in [0.3, 0.4) is 0 Å². The SMILES string of the molecule is O=C(NCC1CCCNC1)c1ccc(I)c(F)c1. The molecule has 1 atom stereocenters. The molecule has 1 aromatic carbocycles. The Morgan fingerprint density at radius 2 is 2.39 bits per heavy atom. The number of piperidine rings is 1. The number of carbonyl (C=O) groups is 1. The summed E-state index contributed by atoms with van der Waals surface area (Å²) in [6.45, 7) is 2.66. The Bertz CT molecular complexity index is 433. The van der Waals surface area contributed by atoms with E-state index >= 15 is 0 Å². The van der Waals surface area contributed by atoms with Crippen LogP contribution in [-0.4, -0.2) is 25.5 Å². The zero-order valence-electron chi connectivity index (χ0n) is 10.0. The number of benzene rings is 1. The van der Waals surface area contributed by atoms with Gasteiger partial charge in [0, 0.05) is 15.7 Å². The lowest BCUT2D eigenvalue weighted by Gasteiger charge is -2.22. The fourth-order valence-corrected chi connectivity index (χ4v) is 2.41. The fourth-order valence-electron chi connectivity index (χ4n) is 2.07. The van der Waals surface area contributed by atoms with Gasteiger partial charge in [0.25, 0.3) is 5.91 Å². The van der Waals surface area contributed by atoms with Gasteiger partial charge in [-0.05, 0) is 72.6 Å². The molecule has 0 spiro atoms. The largest absolute Gasteiger partial charge is 0.352 e. The maximum absolute atomic E-state index is 13.3. The van der Waals surface area contributed by atoms with Crippen molar-refractivity contribution in [3.63, 3.8) is 0 Å². The standard InChI is InChI=1S/C13H16FIN2O/c14-11-6-10(3-4-12(11)15)13(18)17-8-9-2-1-5-16-7-9/h3-4,6,9,16H,1-2,5,7-8H2,(H,17,18). The quantitative estimate of drug-likeness (QED) is 0.810. The normalized spacial score (nSPS) is 19.6. The molecule has 0 radical (unpaired) electrons. The second-order valence-corrected chi connectivity index (χ2v) is 5.71. The van der Waals surface area contributed by atoms with Crippen molar-refractivity contribution in [1.29, 1.82) is 0 Å². The van der Waals surface area contributed by atoms with E-state index in [1.807, 2.05) is 22.6 Å². The summed E-state index contributed by atoms with van der Waals surface area (Å²) < 4.78 is 13.9. The molecule has 5 heteroatoms. The first-order chi connectivity index (χ1) is 8.66. The van der Waals surface area contributed by atoms with E-state index in [0.717, 1.165) is 25.9 Å². The monoisotopic (exact) mass is 362 g/mol. The molecule has 0 bridgehead atoms. The van der Waals surface area contributed by atoms with Crippen LogP contribution in [0, 0.1) is 15.3 Å². The predicted octanol–water partition coefficient (Wildman–Crippen LogP) is 2.16. The number of rotatable bonds is 3. The minimum Gasteiger partial charge on any atom is -0.352 e. The van der Waals surface area contributed by atoms with Gasteiger partial charge >= 0.3 is 0 Å². The number of amides is 1. The summed E-state index contributed by atoms with van der Waals surface area (Å²) in [7, 11) is 0. The predicted molar refractivity (Wildman–Crippen MR) is 77.0 cm³/mol. The molecule has 1 aliphatic heterocycles. The van der Waals surface area contributed by atoms with Gasteiger partial charge < -0.3 is 10.6 Å². The van der Waals surface area contributed by atoms with Gasteiger partial charge in [0.1, 0.15) is 5.82 Å². The van der Waals surface area contributed by atoms with E-state index in [4.69, 9.17) is 0 Å². The average molecular weight is 362 g/mol. The molecule has 0 saturated carbocycles. The molecule has 2 N–H and O–H groups in total. The van der Waals surface area contributed by atoms with Crippen LogP contribution in [0.5, 0.6) is 0 Å². The van der Waals surface area contributed by atoms with E-state index in [1.165, 1.54) is 6.07 Å². The van der Waals surface area contributed by atoms with Crippen LogP contribution in [0.4, 0.5) is 4.39 Å². The molecule has 1 unspecified atom stereocenters. The van der Waals surface area contributed by atoms with E-state index in [0.29, 0.717) is 21.6 Å².